The quantitative estimate of drug-likeness (QED) is 0.791. The molecule has 3 rings (SSSR count). The van der Waals surface area contributed by atoms with Crippen molar-refractivity contribution in [1.29, 1.82) is 0 Å². The van der Waals surface area contributed by atoms with Crippen LogP contribution in [0.4, 0.5) is 0 Å². The molecule has 8 nitrogen and oxygen atoms in total. The number of nitrogens with zero attached hydrogens (tertiary/aromatic N) is 3. The Morgan fingerprint density at radius 2 is 2.24 bits per heavy atom. The number of carboxylic acid groups (broad SMARTS) is 1. The number of hydrogen-bond donors (Lipinski definition) is 2. The summed E-state index contributed by atoms with van der Waals surface area (Å²) in [5.74, 6) is -1.83. The number of pyridine rings is 1. The lowest BCUT2D eigenvalue weighted by molar-refractivity contribution is -0.129. The minimum Gasteiger partial charge on any atom is -0.476 e. The van der Waals surface area contributed by atoms with Crippen molar-refractivity contribution < 1.29 is 19.5 Å². The van der Waals surface area contributed by atoms with Gasteiger partial charge in [0, 0.05) is 24.5 Å². The third kappa shape index (κ3) is 4.18. The molecular formula is C16H16N4O4S. The zero-order chi connectivity index (χ0) is 17.8. The van der Waals surface area contributed by atoms with Crippen molar-refractivity contribution in [2.45, 2.75) is 19.5 Å². The predicted octanol–water partition coefficient (Wildman–Crippen LogP) is 0.901. The van der Waals surface area contributed by atoms with Crippen molar-refractivity contribution in [3.63, 3.8) is 0 Å². The fraction of sp³-hybridized carbons (Fsp3) is 0.312. The number of carbonyl (C=O) groups is 3. The molecule has 9 heteroatoms. The van der Waals surface area contributed by atoms with Gasteiger partial charge in [-0.2, -0.15) is 0 Å². The lowest BCUT2D eigenvalue weighted by Gasteiger charge is -2.15. The maximum absolute atomic E-state index is 12.3. The summed E-state index contributed by atoms with van der Waals surface area (Å²) in [6.07, 6.45) is 1.83. The number of amides is 2. The molecule has 1 atom stereocenters. The minimum absolute atomic E-state index is 0.0353. The largest absolute Gasteiger partial charge is 0.476 e. The molecule has 1 saturated heterocycles. The molecule has 25 heavy (non-hydrogen) atoms. The standard InChI is InChI=1S/C16H16N4O4S/c21-14-5-10(7-20(14)8-11-3-1-2-4-17-11)15(22)18-6-13-19-12(9-25-13)16(23)24/h1-4,9-10H,5-8H2,(H,18,22)(H,23,24). The van der Waals surface area contributed by atoms with Crippen LogP contribution in [0.2, 0.25) is 0 Å². The summed E-state index contributed by atoms with van der Waals surface area (Å²) >= 11 is 1.17. The second-order valence-corrected chi connectivity index (χ2v) is 6.59. The van der Waals surface area contributed by atoms with Gasteiger partial charge in [-0.3, -0.25) is 14.6 Å². The van der Waals surface area contributed by atoms with Crippen molar-refractivity contribution in [2.75, 3.05) is 6.54 Å². The van der Waals surface area contributed by atoms with Crippen LogP contribution >= 0.6 is 11.3 Å². The highest BCUT2D eigenvalue weighted by molar-refractivity contribution is 7.09. The molecule has 130 valence electrons. The second kappa shape index (κ2) is 7.39. The average molecular weight is 360 g/mol. The molecule has 2 aromatic rings. The van der Waals surface area contributed by atoms with Crippen molar-refractivity contribution in [2.24, 2.45) is 5.92 Å². The molecule has 1 unspecified atom stereocenters. The third-order valence-electron chi connectivity index (χ3n) is 3.85. The van der Waals surface area contributed by atoms with Crippen molar-refractivity contribution in [1.82, 2.24) is 20.2 Å². The van der Waals surface area contributed by atoms with Crippen LogP contribution < -0.4 is 5.32 Å². The Balaban J connectivity index is 1.52. The highest BCUT2D eigenvalue weighted by atomic mass is 32.1. The molecule has 3 heterocycles. The van der Waals surface area contributed by atoms with E-state index in [2.05, 4.69) is 15.3 Å². The van der Waals surface area contributed by atoms with Gasteiger partial charge < -0.3 is 15.3 Å². The number of aromatic carboxylic acids is 1. The molecule has 0 radical (unpaired) electrons. The van der Waals surface area contributed by atoms with Crippen molar-refractivity contribution in [3.8, 4) is 0 Å². The zero-order valence-corrected chi connectivity index (χ0v) is 14.0. The van der Waals surface area contributed by atoms with E-state index in [9.17, 15) is 14.4 Å². The molecule has 0 bridgehead atoms. The molecule has 2 aromatic heterocycles. The van der Waals surface area contributed by atoms with Gasteiger partial charge in [0.25, 0.3) is 0 Å². The van der Waals surface area contributed by atoms with E-state index in [1.165, 1.54) is 16.7 Å². The van der Waals surface area contributed by atoms with E-state index in [1.807, 2.05) is 12.1 Å². The van der Waals surface area contributed by atoms with E-state index >= 15 is 0 Å². The third-order valence-corrected chi connectivity index (χ3v) is 4.70. The lowest BCUT2D eigenvalue weighted by atomic mass is 10.1. The molecule has 0 spiro atoms. The van der Waals surface area contributed by atoms with Crippen LogP contribution in [0, 0.1) is 5.92 Å². The fourth-order valence-electron chi connectivity index (χ4n) is 2.59. The zero-order valence-electron chi connectivity index (χ0n) is 13.2. The minimum atomic E-state index is -1.10. The van der Waals surface area contributed by atoms with E-state index < -0.39 is 11.9 Å². The van der Waals surface area contributed by atoms with Crippen molar-refractivity contribution >= 4 is 29.1 Å². The topological polar surface area (TPSA) is 112 Å². The van der Waals surface area contributed by atoms with Crippen LogP contribution in [0.3, 0.4) is 0 Å². The molecule has 2 N–H and O–H groups in total. The fourth-order valence-corrected chi connectivity index (χ4v) is 3.29. The van der Waals surface area contributed by atoms with E-state index in [4.69, 9.17) is 5.11 Å². The maximum Gasteiger partial charge on any atom is 0.355 e. The average Bonchev–Trinajstić information content (AvgIpc) is 3.21. The molecule has 1 aliphatic heterocycles. The normalized spacial score (nSPS) is 16.9. The summed E-state index contributed by atoms with van der Waals surface area (Å²) in [5, 5.41) is 13.5. The number of rotatable bonds is 6. The number of thiazole rings is 1. The highest BCUT2D eigenvalue weighted by Gasteiger charge is 2.34. The summed E-state index contributed by atoms with van der Waals surface area (Å²) in [5.41, 5.74) is 0.743. The van der Waals surface area contributed by atoms with Crippen molar-refractivity contribution in [3.05, 3.63) is 46.2 Å². The number of carboxylic acids is 1. The maximum atomic E-state index is 12.3. The number of likely N-dealkylation sites (tertiary alicyclic amines) is 1. The first kappa shape index (κ1) is 17.0. The Kier molecular flexibility index (Phi) is 5.03. The molecule has 1 aliphatic rings. The Morgan fingerprint density at radius 1 is 1.40 bits per heavy atom. The van der Waals surface area contributed by atoms with Crippen LogP contribution in [0.25, 0.3) is 0 Å². The molecule has 1 fully saturated rings. The molecule has 2 amide bonds. The van der Waals surface area contributed by atoms with Crippen LogP contribution in [0.15, 0.2) is 29.8 Å². The monoisotopic (exact) mass is 360 g/mol. The summed E-state index contributed by atoms with van der Waals surface area (Å²) in [7, 11) is 0. The second-order valence-electron chi connectivity index (χ2n) is 5.65. The first-order chi connectivity index (χ1) is 12.0. The van der Waals surface area contributed by atoms with E-state index in [-0.39, 0.29) is 30.5 Å². The van der Waals surface area contributed by atoms with Crippen LogP contribution in [-0.4, -0.2) is 44.3 Å². The van der Waals surface area contributed by atoms with E-state index in [1.54, 1.807) is 17.2 Å². The van der Waals surface area contributed by atoms with Crippen LogP contribution in [0.5, 0.6) is 0 Å². The number of carbonyl (C=O) groups excluding carboxylic acids is 2. The number of hydrogen-bond acceptors (Lipinski definition) is 6. The van der Waals surface area contributed by atoms with Gasteiger partial charge in [-0.25, -0.2) is 9.78 Å². The summed E-state index contributed by atoms with van der Waals surface area (Å²) in [6.45, 7) is 0.888. The molecule has 0 aromatic carbocycles. The Labute approximate surface area is 147 Å². The van der Waals surface area contributed by atoms with Gasteiger partial charge in [0.05, 0.1) is 24.7 Å². The Bertz CT molecular complexity index is 792. The van der Waals surface area contributed by atoms with Gasteiger partial charge in [-0.1, -0.05) is 6.07 Å². The molecule has 0 aliphatic carbocycles. The summed E-state index contributed by atoms with van der Waals surface area (Å²) in [6, 6.07) is 5.50. The van der Waals surface area contributed by atoms with E-state index in [0.717, 1.165) is 5.69 Å². The van der Waals surface area contributed by atoms with Gasteiger partial charge in [-0.05, 0) is 12.1 Å². The lowest BCUT2D eigenvalue weighted by Crippen LogP contribution is -2.32. The first-order valence-electron chi connectivity index (χ1n) is 7.66. The Hall–Kier alpha value is -2.81. The summed E-state index contributed by atoms with van der Waals surface area (Å²) in [4.78, 5) is 44.9. The first-order valence-corrected chi connectivity index (χ1v) is 8.54. The van der Waals surface area contributed by atoms with Gasteiger partial charge in [0.2, 0.25) is 11.8 Å². The van der Waals surface area contributed by atoms with Gasteiger partial charge in [0.15, 0.2) is 5.69 Å². The van der Waals surface area contributed by atoms with Crippen LogP contribution in [0.1, 0.15) is 27.6 Å². The van der Waals surface area contributed by atoms with E-state index in [0.29, 0.717) is 18.1 Å². The van der Waals surface area contributed by atoms with Crippen LogP contribution in [-0.2, 0) is 22.7 Å². The Morgan fingerprint density at radius 3 is 2.92 bits per heavy atom. The molecular weight excluding hydrogens is 344 g/mol. The highest BCUT2D eigenvalue weighted by Crippen LogP contribution is 2.20. The predicted molar refractivity (Wildman–Crippen MR) is 88.7 cm³/mol. The number of nitrogens with one attached hydrogen (secondary N) is 1. The molecule has 0 saturated carbocycles. The summed E-state index contributed by atoms with van der Waals surface area (Å²) < 4.78 is 0. The SMILES string of the molecule is O=C(O)c1csc(CNC(=O)C2CC(=O)N(Cc3ccccn3)C2)n1. The number of aromatic nitrogens is 2. The van der Waals surface area contributed by atoms with Gasteiger partial charge in [0.1, 0.15) is 5.01 Å². The smallest absolute Gasteiger partial charge is 0.355 e. The van der Waals surface area contributed by atoms with Gasteiger partial charge >= 0.3 is 5.97 Å². The van der Waals surface area contributed by atoms with Gasteiger partial charge in [-0.15, -0.1) is 11.3 Å².